The first-order valence-corrected chi connectivity index (χ1v) is 15.0. The number of benzene rings is 3. The largest absolute Gasteiger partial charge is 0.495 e. The van der Waals surface area contributed by atoms with Gasteiger partial charge in [-0.2, -0.15) is 0 Å². The summed E-state index contributed by atoms with van der Waals surface area (Å²) in [4.78, 5) is 28.7. The summed E-state index contributed by atoms with van der Waals surface area (Å²) >= 11 is 3.45. The number of methoxy groups -OCH3 is 1. The second-order valence-corrected chi connectivity index (χ2v) is 13.3. The summed E-state index contributed by atoms with van der Waals surface area (Å²) in [6, 6.07) is 19.6. The number of rotatable bonds is 10. The summed E-state index contributed by atoms with van der Waals surface area (Å²) in [5.74, 6) is -0.595. The van der Waals surface area contributed by atoms with Crippen molar-refractivity contribution in [1.29, 1.82) is 0 Å². The Labute approximate surface area is 245 Å². The number of hydrogen-bond donors (Lipinski definition) is 1. The predicted octanol–water partition coefficient (Wildman–Crippen LogP) is 5.29. The molecule has 2 amide bonds. The van der Waals surface area contributed by atoms with E-state index in [0.29, 0.717) is 5.75 Å². The van der Waals surface area contributed by atoms with Gasteiger partial charge in [0.2, 0.25) is 11.8 Å². The summed E-state index contributed by atoms with van der Waals surface area (Å²) in [6.45, 7) is 8.63. The monoisotopic (exact) mass is 629 g/mol. The van der Waals surface area contributed by atoms with Crippen molar-refractivity contribution >= 4 is 43.5 Å². The molecule has 3 aromatic rings. The van der Waals surface area contributed by atoms with Crippen molar-refractivity contribution in [2.75, 3.05) is 18.0 Å². The number of nitrogens with one attached hydrogen (secondary N) is 1. The maximum Gasteiger partial charge on any atom is 0.264 e. The van der Waals surface area contributed by atoms with E-state index in [4.69, 9.17) is 4.74 Å². The van der Waals surface area contributed by atoms with Crippen LogP contribution in [0.4, 0.5) is 5.69 Å². The highest BCUT2D eigenvalue weighted by atomic mass is 79.9. The standard InChI is InChI=1S/C30H36BrN3O5S/c1-21-14-16-25(17-15-21)40(37,38)34(26-12-7-8-13-27(26)39-6)20-28(35)33(19-23-10-9-11-24(31)18-23)22(2)29(36)32-30(3,4)5/h7-18,22H,19-20H2,1-6H3,(H,32,36)/t22-/m0/s1. The van der Waals surface area contributed by atoms with Gasteiger partial charge in [0.1, 0.15) is 18.3 Å². The van der Waals surface area contributed by atoms with Gasteiger partial charge in [0.25, 0.3) is 10.0 Å². The topological polar surface area (TPSA) is 96.0 Å². The van der Waals surface area contributed by atoms with E-state index in [0.717, 1.165) is 19.9 Å². The van der Waals surface area contributed by atoms with Gasteiger partial charge in [-0.05, 0) is 76.6 Å². The van der Waals surface area contributed by atoms with Gasteiger partial charge in [-0.3, -0.25) is 13.9 Å². The number of ether oxygens (including phenoxy) is 1. The molecule has 10 heteroatoms. The van der Waals surface area contributed by atoms with Crippen LogP contribution < -0.4 is 14.4 Å². The normalized spacial score (nSPS) is 12.4. The van der Waals surface area contributed by atoms with Crippen molar-refractivity contribution in [2.45, 2.75) is 57.6 Å². The van der Waals surface area contributed by atoms with Crippen LogP contribution in [-0.2, 0) is 26.2 Å². The molecule has 0 aliphatic rings. The van der Waals surface area contributed by atoms with Crippen LogP contribution in [-0.4, -0.2) is 50.4 Å². The highest BCUT2D eigenvalue weighted by Crippen LogP contribution is 2.32. The Kier molecular flexibility index (Phi) is 10.0. The average Bonchev–Trinajstić information content (AvgIpc) is 2.89. The van der Waals surface area contributed by atoms with Gasteiger partial charge < -0.3 is 15.0 Å². The maximum atomic E-state index is 14.0. The van der Waals surface area contributed by atoms with E-state index in [1.165, 1.54) is 24.1 Å². The Balaban J connectivity index is 2.08. The molecule has 0 unspecified atom stereocenters. The van der Waals surface area contributed by atoms with E-state index in [1.807, 2.05) is 52.0 Å². The molecule has 0 bridgehead atoms. The molecule has 8 nitrogen and oxygen atoms in total. The molecule has 0 saturated carbocycles. The lowest BCUT2D eigenvalue weighted by molar-refractivity contribution is -0.140. The fraction of sp³-hybridized carbons (Fsp3) is 0.333. The minimum Gasteiger partial charge on any atom is -0.495 e. The van der Waals surface area contributed by atoms with Crippen LogP contribution in [0.2, 0.25) is 0 Å². The Morgan fingerprint density at radius 2 is 1.65 bits per heavy atom. The molecule has 3 aromatic carbocycles. The van der Waals surface area contributed by atoms with Gasteiger partial charge >= 0.3 is 0 Å². The molecule has 1 atom stereocenters. The number of amides is 2. The Morgan fingerprint density at radius 3 is 2.25 bits per heavy atom. The van der Waals surface area contributed by atoms with E-state index in [-0.39, 0.29) is 23.0 Å². The van der Waals surface area contributed by atoms with Crippen LogP contribution in [0.1, 0.15) is 38.8 Å². The van der Waals surface area contributed by atoms with E-state index < -0.39 is 34.1 Å². The second kappa shape index (κ2) is 12.9. The lowest BCUT2D eigenvalue weighted by Crippen LogP contribution is -2.54. The van der Waals surface area contributed by atoms with Gasteiger partial charge in [0.05, 0.1) is 17.7 Å². The smallest absolute Gasteiger partial charge is 0.264 e. The molecule has 40 heavy (non-hydrogen) atoms. The van der Waals surface area contributed by atoms with Crippen molar-refractivity contribution < 1.29 is 22.7 Å². The number of anilines is 1. The van der Waals surface area contributed by atoms with Gasteiger partial charge in [0.15, 0.2) is 0 Å². The molecule has 3 rings (SSSR count). The molecule has 0 heterocycles. The summed E-state index contributed by atoms with van der Waals surface area (Å²) in [7, 11) is -2.75. The first-order valence-electron chi connectivity index (χ1n) is 12.8. The SMILES string of the molecule is COc1ccccc1N(CC(=O)N(Cc1cccc(Br)c1)[C@@H](C)C(=O)NC(C)(C)C)S(=O)(=O)c1ccc(C)cc1. The molecular weight excluding hydrogens is 594 g/mol. The van der Waals surface area contributed by atoms with Crippen molar-refractivity contribution in [1.82, 2.24) is 10.2 Å². The van der Waals surface area contributed by atoms with Gasteiger partial charge in [-0.1, -0.05) is 57.9 Å². The number of para-hydroxylation sites is 2. The second-order valence-electron chi connectivity index (χ2n) is 10.6. The number of aryl methyl sites for hydroxylation is 1. The minimum atomic E-state index is -4.19. The fourth-order valence-corrected chi connectivity index (χ4v) is 5.95. The lowest BCUT2D eigenvalue weighted by Gasteiger charge is -2.33. The van der Waals surface area contributed by atoms with Crippen molar-refractivity contribution in [3.8, 4) is 5.75 Å². The molecule has 0 aromatic heterocycles. The molecule has 0 aliphatic carbocycles. The van der Waals surface area contributed by atoms with E-state index in [2.05, 4.69) is 21.2 Å². The zero-order chi connectivity index (χ0) is 29.7. The van der Waals surface area contributed by atoms with Crippen molar-refractivity contribution in [3.05, 3.63) is 88.4 Å². The third kappa shape index (κ3) is 7.85. The number of hydrogen-bond acceptors (Lipinski definition) is 5. The van der Waals surface area contributed by atoms with E-state index >= 15 is 0 Å². The van der Waals surface area contributed by atoms with Gasteiger partial charge in [-0.25, -0.2) is 8.42 Å². The predicted molar refractivity (Wildman–Crippen MR) is 161 cm³/mol. The van der Waals surface area contributed by atoms with Crippen molar-refractivity contribution in [3.63, 3.8) is 0 Å². The molecule has 0 radical (unpaired) electrons. The highest BCUT2D eigenvalue weighted by Gasteiger charge is 2.34. The van der Waals surface area contributed by atoms with Crippen LogP contribution in [0.25, 0.3) is 0 Å². The maximum absolute atomic E-state index is 14.0. The average molecular weight is 631 g/mol. The van der Waals surface area contributed by atoms with E-state index in [9.17, 15) is 18.0 Å². The summed E-state index contributed by atoms with van der Waals surface area (Å²) in [5.41, 5.74) is 1.38. The summed E-state index contributed by atoms with van der Waals surface area (Å²) in [5, 5.41) is 2.92. The molecule has 1 N–H and O–H groups in total. The third-order valence-electron chi connectivity index (χ3n) is 6.15. The summed E-state index contributed by atoms with van der Waals surface area (Å²) < 4.78 is 35.3. The highest BCUT2D eigenvalue weighted by molar-refractivity contribution is 9.10. The number of sulfonamides is 1. The first-order chi connectivity index (χ1) is 18.7. The molecule has 214 valence electrons. The zero-order valence-electron chi connectivity index (χ0n) is 23.6. The van der Waals surface area contributed by atoms with Crippen LogP contribution >= 0.6 is 15.9 Å². The fourth-order valence-electron chi connectivity index (χ4n) is 4.08. The molecule has 0 spiro atoms. The Morgan fingerprint density at radius 1 is 1.00 bits per heavy atom. The number of halogens is 1. The Hall–Kier alpha value is -3.37. The molecule has 0 saturated heterocycles. The van der Waals surface area contributed by atoms with Crippen molar-refractivity contribution in [2.24, 2.45) is 0 Å². The van der Waals surface area contributed by atoms with Crippen LogP contribution in [0.3, 0.4) is 0 Å². The lowest BCUT2D eigenvalue weighted by atomic mass is 10.1. The Bertz CT molecular complexity index is 1450. The number of carbonyl (C=O) groups is 2. The summed E-state index contributed by atoms with van der Waals surface area (Å²) in [6.07, 6.45) is 0. The van der Waals surface area contributed by atoms with Crippen LogP contribution in [0.15, 0.2) is 82.2 Å². The van der Waals surface area contributed by atoms with Gasteiger partial charge in [0, 0.05) is 16.6 Å². The quantitative estimate of drug-likeness (QED) is 0.329. The molecule has 0 fully saturated rings. The van der Waals surface area contributed by atoms with Crippen LogP contribution in [0, 0.1) is 6.92 Å². The van der Waals surface area contributed by atoms with E-state index in [1.54, 1.807) is 43.3 Å². The number of nitrogens with zero attached hydrogens (tertiary/aromatic N) is 2. The molecule has 0 aliphatic heterocycles. The third-order valence-corrected chi connectivity index (χ3v) is 8.42. The molecular formula is C30H36BrN3O5S. The van der Waals surface area contributed by atoms with Gasteiger partial charge in [-0.15, -0.1) is 0 Å². The minimum absolute atomic E-state index is 0.0360. The first kappa shape index (κ1) is 31.2. The zero-order valence-corrected chi connectivity index (χ0v) is 26.0. The van der Waals surface area contributed by atoms with Crippen LogP contribution in [0.5, 0.6) is 5.75 Å². The number of carbonyl (C=O) groups excluding carboxylic acids is 2.